The lowest BCUT2D eigenvalue weighted by Crippen LogP contribution is -2.28. The molecule has 1 heterocycles. The molecule has 0 saturated heterocycles. The smallest absolute Gasteiger partial charge is 0.287 e. The quantitative estimate of drug-likeness (QED) is 0.914. The zero-order valence-electron chi connectivity index (χ0n) is 10.9. The third-order valence-corrected chi connectivity index (χ3v) is 4.14. The van der Waals surface area contributed by atoms with E-state index in [0.717, 1.165) is 0 Å². The maximum absolute atomic E-state index is 11.9. The van der Waals surface area contributed by atoms with Gasteiger partial charge in [-0.2, -0.15) is 5.10 Å². The van der Waals surface area contributed by atoms with Crippen LogP contribution in [-0.4, -0.2) is 15.8 Å². The van der Waals surface area contributed by atoms with E-state index < -0.39 is 0 Å². The summed E-state index contributed by atoms with van der Waals surface area (Å²) in [6, 6.07) is 0.337. The van der Waals surface area contributed by atoms with Crippen LogP contribution in [0.1, 0.15) is 39.5 Å². The Morgan fingerprint density at radius 1 is 1.56 bits per heavy atom. The minimum atomic E-state index is -0.220. The predicted octanol–water partition coefficient (Wildman–Crippen LogP) is 2.91. The SMILES string of the molecule is CCn1ncc(NC(C)C2CCCC2)c(Cl)c1=O. The lowest BCUT2D eigenvalue weighted by molar-refractivity contribution is 0.481. The zero-order valence-corrected chi connectivity index (χ0v) is 11.7. The summed E-state index contributed by atoms with van der Waals surface area (Å²) in [5.74, 6) is 0.676. The van der Waals surface area contributed by atoms with Gasteiger partial charge in [-0.05, 0) is 32.6 Å². The van der Waals surface area contributed by atoms with E-state index in [-0.39, 0.29) is 10.6 Å². The molecule has 0 amide bonds. The molecule has 0 aromatic carbocycles. The van der Waals surface area contributed by atoms with Crippen molar-refractivity contribution in [2.75, 3.05) is 5.32 Å². The fourth-order valence-corrected chi connectivity index (χ4v) is 2.81. The minimum absolute atomic E-state index is 0.220. The van der Waals surface area contributed by atoms with Crippen molar-refractivity contribution in [3.05, 3.63) is 21.6 Å². The highest BCUT2D eigenvalue weighted by Crippen LogP contribution is 2.29. The molecule has 100 valence electrons. The monoisotopic (exact) mass is 269 g/mol. The van der Waals surface area contributed by atoms with Crippen LogP contribution in [0, 0.1) is 5.92 Å². The summed E-state index contributed by atoms with van der Waals surface area (Å²) < 4.78 is 1.37. The highest BCUT2D eigenvalue weighted by molar-refractivity contribution is 6.32. The Hall–Kier alpha value is -1.03. The second-order valence-corrected chi connectivity index (χ2v) is 5.35. The van der Waals surface area contributed by atoms with E-state index in [1.165, 1.54) is 30.4 Å². The van der Waals surface area contributed by atoms with Crippen LogP contribution in [0.3, 0.4) is 0 Å². The Kier molecular flexibility index (Phi) is 4.27. The molecule has 1 aliphatic rings. The fourth-order valence-electron chi connectivity index (χ4n) is 2.61. The molecule has 1 saturated carbocycles. The highest BCUT2D eigenvalue weighted by Gasteiger charge is 2.22. The molecule has 1 aromatic rings. The van der Waals surface area contributed by atoms with E-state index >= 15 is 0 Å². The summed E-state index contributed by atoms with van der Waals surface area (Å²) >= 11 is 6.09. The number of hydrogen-bond donors (Lipinski definition) is 1. The van der Waals surface area contributed by atoms with Crippen LogP contribution in [0.25, 0.3) is 0 Å². The van der Waals surface area contributed by atoms with E-state index in [1.54, 1.807) is 6.20 Å². The Morgan fingerprint density at radius 3 is 2.83 bits per heavy atom. The number of nitrogens with zero attached hydrogens (tertiary/aromatic N) is 2. The van der Waals surface area contributed by atoms with Gasteiger partial charge in [-0.3, -0.25) is 4.79 Å². The van der Waals surface area contributed by atoms with Gasteiger partial charge in [-0.15, -0.1) is 0 Å². The second kappa shape index (κ2) is 5.74. The van der Waals surface area contributed by atoms with Crippen molar-refractivity contribution in [3.8, 4) is 0 Å². The van der Waals surface area contributed by atoms with Crippen LogP contribution in [0.4, 0.5) is 5.69 Å². The molecule has 1 aliphatic carbocycles. The van der Waals surface area contributed by atoms with Crippen LogP contribution in [0.5, 0.6) is 0 Å². The normalized spacial score (nSPS) is 17.9. The molecule has 1 unspecified atom stereocenters. The van der Waals surface area contributed by atoms with Gasteiger partial charge in [0.25, 0.3) is 5.56 Å². The number of hydrogen-bond acceptors (Lipinski definition) is 3. The standard InChI is InChI=1S/C13H20ClN3O/c1-3-17-13(18)12(14)11(8-15-17)16-9(2)10-6-4-5-7-10/h8-10,16H,3-7H2,1-2H3. The van der Waals surface area contributed by atoms with Crippen LogP contribution in [-0.2, 0) is 6.54 Å². The van der Waals surface area contributed by atoms with Crippen molar-refractivity contribution >= 4 is 17.3 Å². The number of anilines is 1. The molecule has 4 nitrogen and oxygen atoms in total. The first kappa shape index (κ1) is 13.4. The summed E-state index contributed by atoms with van der Waals surface area (Å²) in [7, 11) is 0. The number of aromatic nitrogens is 2. The summed E-state index contributed by atoms with van der Waals surface area (Å²) in [6.07, 6.45) is 6.77. The second-order valence-electron chi connectivity index (χ2n) is 4.97. The van der Waals surface area contributed by atoms with E-state index in [1.807, 2.05) is 6.92 Å². The lowest BCUT2D eigenvalue weighted by Gasteiger charge is -2.22. The molecule has 0 aliphatic heterocycles. The van der Waals surface area contributed by atoms with Gasteiger partial charge in [-0.1, -0.05) is 24.4 Å². The molecule has 5 heteroatoms. The third kappa shape index (κ3) is 2.69. The highest BCUT2D eigenvalue weighted by atomic mass is 35.5. The average Bonchev–Trinajstić information content (AvgIpc) is 2.89. The third-order valence-electron chi connectivity index (χ3n) is 3.77. The first-order chi connectivity index (χ1) is 8.63. The Bertz CT molecular complexity index is 466. The van der Waals surface area contributed by atoms with Crippen LogP contribution < -0.4 is 10.9 Å². The maximum atomic E-state index is 11.9. The van der Waals surface area contributed by atoms with E-state index in [9.17, 15) is 4.79 Å². The van der Waals surface area contributed by atoms with Crippen molar-refractivity contribution in [2.45, 2.75) is 52.1 Å². The van der Waals surface area contributed by atoms with E-state index in [2.05, 4.69) is 17.3 Å². The minimum Gasteiger partial charge on any atom is -0.380 e. The van der Waals surface area contributed by atoms with E-state index in [4.69, 9.17) is 11.6 Å². The summed E-state index contributed by atoms with van der Waals surface area (Å²) in [6.45, 7) is 4.56. The largest absolute Gasteiger partial charge is 0.380 e. The van der Waals surface area contributed by atoms with Gasteiger partial charge in [0, 0.05) is 12.6 Å². The number of aryl methyl sites for hydroxylation is 1. The first-order valence-corrected chi connectivity index (χ1v) is 7.03. The topological polar surface area (TPSA) is 46.9 Å². The molecule has 1 fully saturated rings. The van der Waals surface area contributed by atoms with E-state index in [0.29, 0.717) is 24.2 Å². The molecule has 0 radical (unpaired) electrons. The average molecular weight is 270 g/mol. The van der Waals surface area contributed by atoms with Crippen LogP contribution in [0.15, 0.2) is 11.0 Å². The molecule has 2 rings (SSSR count). The van der Waals surface area contributed by atoms with Gasteiger partial charge in [0.15, 0.2) is 0 Å². The van der Waals surface area contributed by atoms with Gasteiger partial charge in [-0.25, -0.2) is 4.68 Å². The Labute approximate surface area is 112 Å². The van der Waals surface area contributed by atoms with Crippen molar-refractivity contribution < 1.29 is 0 Å². The van der Waals surface area contributed by atoms with Crippen LogP contribution in [0.2, 0.25) is 5.02 Å². The number of nitrogens with one attached hydrogen (secondary N) is 1. The van der Waals surface area contributed by atoms with Gasteiger partial charge in [0.05, 0.1) is 11.9 Å². The van der Waals surface area contributed by atoms with Crippen molar-refractivity contribution in [1.29, 1.82) is 0 Å². The van der Waals surface area contributed by atoms with Gasteiger partial charge in [0.1, 0.15) is 5.02 Å². The number of halogens is 1. The molecule has 0 spiro atoms. The molecule has 1 aromatic heterocycles. The Morgan fingerprint density at radius 2 is 2.22 bits per heavy atom. The maximum Gasteiger partial charge on any atom is 0.287 e. The summed E-state index contributed by atoms with van der Waals surface area (Å²) in [5.41, 5.74) is 0.438. The lowest BCUT2D eigenvalue weighted by atomic mass is 10.00. The molecule has 1 N–H and O–H groups in total. The molecular formula is C13H20ClN3O. The van der Waals surface area contributed by atoms with Gasteiger partial charge >= 0.3 is 0 Å². The molecule has 18 heavy (non-hydrogen) atoms. The zero-order chi connectivity index (χ0) is 13.1. The van der Waals surface area contributed by atoms with Crippen molar-refractivity contribution in [3.63, 3.8) is 0 Å². The first-order valence-electron chi connectivity index (χ1n) is 6.65. The molecular weight excluding hydrogens is 250 g/mol. The molecule has 0 bridgehead atoms. The predicted molar refractivity (Wildman–Crippen MR) is 74.2 cm³/mol. The Balaban J connectivity index is 2.14. The molecule has 1 atom stereocenters. The number of rotatable bonds is 4. The summed E-state index contributed by atoms with van der Waals surface area (Å²) in [4.78, 5) is 11.9. The van der Waals surface area contributed by atoms with Crippen molar-refractivity contribution in [1.82, 2.24) is 9.78 Å². The van der Waals surface area contributed by atoms with Crippen LogP contribution >= 0.6 is 11.6 Å². The van der Waals surface area contributed by atoms with Gasteiger partial charge < -0.3 is 5.32 Å². The van der Waals surface area contributed by atoms with Gasteiger partial charge in [0.2, 0.25) is 0 Å². The summed E-state index contributed by atoms with van der Waals surface area (Å²) in [5, 5.41) is 7.68. The van der Waals surface area contributed by atoms with Crippen molar-refractivity contribution in [2.24, 2.45) is 5.92 Å². The fraction of sp³-hybridized carbons (Fsp3) is 0.692.